The predicted octanol–water partition coefficient (Wildman–Crippen LogP) is 1.91. The van der Waals surface area contributed by atoms with Crippen molar-refractivity contribution in [3.8, 4) is 0 Å². The molecule has 0 aliphatic rings. The van der Waals surface area contributed by atoms with Crippen LogP contribution in [0, 0.1) is 0 Å². The third kappa shape index (κ3) is 4.03. The van der Waals surface area contributed by atoms with Gasteiger partial charge in [-0.1, -0.05) is 0 Å². The number of nitrogens with one attached hydrogen (secondary N) is 2. The number of methoxy groups -OCH3 is 1. The summed E-state index contributed by atoms with van der Waals surface area (Å²) in [5.74, 6) is 0.627. The lowest BCUT2D eigenvalue weighted by atomic mass is 10.3. The lowest BCUT2D eigenvalue weighted by molar-refractivity contribution is -0.121. The van der Waals surface area contributed by atoms with Crippen LogP contribution in [0.15, 0.2) is 11.4 Å². The van der Waals surface area contributed by atoms with Gasteiger partial charge in [-0.3, -0.25) is 4.79 Å². The number of halogens is 1. The first-order valence-electron chi connectivity index (χ1n) is 6.11. The summed E-state index contributed by atoms with van der Waals surface area (Å²) in [6.07, 6.45) is 0.358. The third-order valence-electron chi connectivity index (χ3n) is 2.57. The topological polar surface area (TPSA) is 76.1 Å². The quantitative estimate of drug-likeness (QED) is 0.603. The van der Waals surface area contributed by atoms with Gasteiger partial charge in [0.15, 0.2) is 0 Å². The summed E-state index contributed by atoms with van der Waals surface area (Å²) in [6, 6.07) is 1.93. The molecule has 20 heavy (non-hydrogen) atoms. The van der Waals surface area contributed by atoms with Crippen LogP contribution in [-0.4, -0.2) is 42.7 Å². The Bertz CT molecular complexity index is 590. The standard InChI is InChI=1S/C12H15ClN4O2S/c1-19-6-5-14-9(18)2-4-15-10-8-3-7-20-11(8)17-12(13)16-10/h3,7H,2,4-6H2,1H3,(H,14,18)(H,15,16,17). The number of nitrogens with zero attached hydrogens (tertiary/aromatic N) is 2. The van der Waals surface area contributed by atoms with Crippen LogP contribution in [0.3, 0.4) is 0 Å². The molecule has 1 amide bonds. The van der Waals surface area contributed by atoms with E-state index in [0.717, 1.165) is 10.2 Å². The van der Waals surface area contributed by atoms with Crippen LogP contribution in [0.5, 0.6) is 0 Å². The molecule has 2 rings (SSSR count). The second-order valence-electron chi connectivity index (χ2n) is 4.00. The monoisotopic (exact) mass is 314 g/mol. The molecule has 8 heteroatoms. The van der Waals surface area contributed by atoms with E-state index < -0.39 is 0 Å². The van der Waals surface area contributed by atoms with Gasteiger partial charge >= 0.3 is 0 Å². The van der Waals surface area contributed by atoms with Crippen LogP contribution in [0.1, 0.15) is 6.42 Å². The van der Waals surface area contributed by atoms with Gasteiger partial charge in [0.1, 0.15) is 10.6 Å². The van der Waals surface area contributed by atoms with Crippen molar-refractivity contribution in [3.05, 3.63) is 16.7 Å². The number of hydrogen-bond acceptors (Lipinski definition) is 6. The highest BCUT2D eigenvalue weighted by molar-refractivity contribution is 7.16. The van der Waals surface area contributed by atoms with Crippen molar-refractivity contribution in [3.63, 3.8) is 0 Å². The number of fused-ring (bicyclic) bond motifs is 1. The van der Waals surface area contributed by atoms with Gasteiger partial charge in [0.2, 0.25) is 11.2 Å². The maximum Gasteiger partial charge on any atom is 0.225 e. The fraction of sp³-hybridized carbons (Fsp3) is 0.417. The lowest BCUT2D eigenvalue weighted by Crippen LogP contribution is -2.28. The molecule has 2 heterocycles. The Morgan fingerprint density at radius 2 is 2.30 bits per heavy atom. The highest BCUT2D eigenvalue weighted by Crippen LogP contribution is 2.26. The van der Waals surface area contributed by atoms with Gasteiger partial charge in [-0.15, -0.1) is 11.3 Å². The Morgan fingerprint density at radius 3 is 3.10 bits per heavy atom. The van der Waals surface area contributed by atoms with Crippen LogP contribution < -0.4 is 10.6 Å². The first-order chi connectivity index (χ1) is 9.70. The predicted molar refractivity (Wildman–Crippen MR) is 80.4 cm³/mol. The zero-order valence-corrected chi connectivity index (χ0v) is 12.6. The Balaban J connectivity index is 1.86. The minimum Gasteiger partial charge on any atom is -0.383 e. The molecule has 108 valence electrons. The molecule has 0 unspecified atom stereocenters. The zero-order valence-electron chi connectivity index (χ0n) is 11.0. The molecular formula is C12H15ClN4O2S. The largest absolute Gasteiger partial charge is 0.383 e. The Labute approximate surface area is 125 Å². The highest BCUT2D eigenvalue weighted by atomic mass is 35.5. The van der Waals surface area contributed by atoms with E-state index in [1.54, 1.807) is 7.11 Å². The molecule has 0 atom stereocenters. The van der Waals surface area contributed by atoms with E-state index >= 15 is 0 Å². The van der Waals surface area contributed by atoms with E-state index in [4.69, 9.17) is 16.3 Å². The summed E-state index contributed by atoms with van der Waals surface area (Å²) in [5, 5.41) is 8.91. The maximum absolute atomic E-state index is 11.5. The fourth-order valence-electron chi connectivity index (χ4n) is 1.64. The Kier molecular flexibility index (Phi) is 5.51. The summed E-state index contributed by atoms with van der Waals surface area (Å²) in [5.41, 5.74) is 0. The van der Waals surface area contributed by atoms with E-state index in [1.165, 1.54) is 11.3 Å². The number of anilines is 1. The van der Waals surface area contributed by atoms with Gasteiger partial charge in [0.25, 0.3) is 0 Å². The minimum atomic E-state index is -0.0312. The number of rotatable bonds is 7. The smallest absolute Gasteiger partial charge is 0.225 e. The average Bonchev–Trinajstić information content (AvgIpc) is 2.87. The molecule has 0 radical (unpaired) electrons. The van der Waals surface area contributed by atoms with E-state index in [-0.39, 0.29) is 11.2 Å². The zero-order chi connectivity index (χ0) is 14.4. The molecule has 0 spiro atoms. The van der Waals surface area contributed by atoms with Gasteiger partial charge in [-0.2, -0.15) is 0 Å². The summed E-state index contributed by atoms with van der Waals surface area (Å²) in [7, 11) is 1.60. The molecule has 6 nitrogen and oxygen atoms in total. The normalized spacial score (nSPS) is 10.7. The number of hydrogen-bond donors (Lipinski definition) is 2. The van der Waals surface area contributed by atoms with Crippen molar-refractivity contribution in [2.24, 2.45) is 0 Å². The van der Waals surface area contributed by atoms with Gasteiger partial charge in [-0.25, -0.2) is 9.97 Å². The minimum absolute atomic E-state index is 0.0312. The van der Waals surface area contributed by atoms with Crippen molar-refractivity contribution in [2.45, 2.75) is 6.42 Å². The molecule has 0 fully saturated rings. The summed E-state index contributed by atoms with van der Waals surface area (Å²) < 4.78 is 4.86. The Hall–Kier alpha value is -1.44. The van der Waals surface area contributed by atoms with Crippen LogP contribution >= 0.6 is 22.9 Å². The number of carbonyl (C=O) groups is 1. The second-order valence-corrected chi connectivity index (χ2v) is 5.23. The molecule has 2 aromatic rings. The molecule has 0 aromatic carbocycles. The van der Waals surface area contributed by atoms with Crippen LogP contribution in [0.4, 0.5) is 5.82 Å². The number of carbonyl (C=O) groups excluding carboxylic acids is 1. The molecule has 2 aromatic heterocycles. The molecule has 0 aliphatic carbocycles. The van der Waals surface area contributed by atoms with Gasteiger partial charge in [-0.05, 0) is 23.0 Å². The summed E-state index contributed by atoms with van der Waals surface area (Å²) >= 11 is 7.36. The van der Waals surface area contributed by atoms with E-state index in [1.807, 2.05) is 11.4 Å². The van der Waals surface area contributed by atoms with E-state index in [0.29, 0.717) is 31.9 Å². The third-order valence-corrected chi connectivity index (χ3v) is 3.55. The van der Waals surface area contributed by atoms with Crippen molar-refractivity contribution in [2.75, 3.05) is 32.1 Å². The van der Waals surface area contributed by atoms with Crippen molar-refractivity contribution >= 4 is 44.9 Å². The van der Waals surface area contributed by atoms with E-state index in [9.17, 15) is 4.79 Å². The van der Waals surface area contributed by atoms with Crippen LogP contribution in [-0.2, 0) is 9.53 Å². The lowest BCUT2D eigenvalue weighted by Gasteiger charge is -2.07. The Morgan fingerprint density at radius 1 is 1.45 bits per heavy atom. The van der Waals surface area contributed by atoms with Crippen LogP contribution in [0.2, 0.25) is 5.28 Å². The highest BCUT2D eigenvalue weighted by Gasteiger charge is 2.08. The van der Waals surface area contributed by atoms with Crippen molar-refractivity contribution in [1.29, 1.82) is 0 Å². The van der Waals surface area contributed by atoms with Gasteiger partial charge in [0, 0.05) is 26.6 Å². The maximum atomic E-state index is 11.5. The SMILES string of the molecule is COCCNC(=O)CCNc1nc(Cl)nc2sccc12. The van der Waals surface area contributed by atoms with Crippen molar-refractivity contribution < 1.29 is 9.53 Å². The summed E-state index contributed by atoms with van der Waals surface area (Å²) in [6.45, 7) is 1.51. The first kappa shape index (κ1) is 15.0. The molecule has 0 saturated carbocycles. The molecule has 0 bridgehead atoms. The van der Waals surface area contributed by atoms with E-state index in [2.05, 4.69) is 20.6 Å². The summed E-state index contributed by atoms with van der Waals surface area (Å²) in [4.78, 5) is 20.6. The number of thiophene rings is 1. The second kappa shape index (κ2) is 7.37. The fourth-order valence-corrected chi connectivity index (χ4v) is 2.62. The average molecular weight is 315 g/mol. The molecule has 2 N–H and O–H groups in total. The number of amides is 1. The van der Waals surface area contributed by atoms with Gasteiger partial charge in [0.05, 0.1) is 12.0 Å². The first-order valence-corrected chi connectivity index (χ1v) is 7.36. The molecular weight excluding hydrogens is 300 g/mol. The number of ether oxygens (including phenoxy) is 1. The molecule has 0 saturated heterocycles. The number of aromatic nitrogens is 2. The van der Waals surface area contributed by atoms with Crippen LogP contribution in [0.25, 0.3) is 10.2 Å². The van der Waals surface area contributed by atoms with Gasteiger partial charge < -0.3 is 15.4 Å². The molecule has 0 aliphatic heterocycles. The van der Waals surface area contributed by atoms with Crippen molar-refractivity contribution in [1.82, 2.24) is 15.3 Å².